The summed E-state index contributed by atoms with van der Waals surface area (Å²) in [5.74, 6) is -0.487. The van der Waals surface area contributed by atoms with Gasteiger partial charge in [0.1, 0.15) is 12.2 Å². The molecule has 2 aliphatic heterocycles. The molecule has 2 bridgehead atoms. The Balaban J connectivity index is 2.45. The largest absolute Gasteiger partial charge is 0.415 e. The second kappa shape index (κ2) is 3.20. The molecule has 0 radical (unpaired) electrons. The minimum absolute atomic E-state index is 0.0648. The number of carbonyl (C=O) groups is 1. The van der Waals surface area contributed by atoms with Crippen molar-refractivity contribution in [3.8, 4) is 0 Å². The van der Waals surface area contributed by atoms with Crippen LogP contribution < -0.4 is 0 Å². The Morgan fingerprint density at radius 3 is 2.53 bits per heavy atom. The number of ether oxygens (including phenoxy) is 1. The third-order valence-corrected chi connectivity index (χ3v) is 2.54. The van der Waals surface area contributed by atoms with E-state index in [1.807, 2.05) is 0 Å². The van der Waals surface area contributed by atoms with Crippen molar-refractivity contribution in [2.24, 2.45) is 0 Å². The monoisotopic (exact) mass is 218 g/mol. The van der Waals surface area contributed by atoms with E-state index in [1.165, 1.54) is 12.2 Å². The quantitative estimate of drug-likeness (QED) is 0.664. The highest BCUT2D eigenvalue weighted by atomic mass is 19.4. The SMILES string of the molecule is CCC(=O)C1=C(C(F)(F)F)C2C=CC1O2. The van der Waals surface area contributed by atoms with Crippen LogP contribution in [0.2, 0.25) is 0 Å². The first-order valence-electron chi connectivity index (χ1n) is 4.63. The van der Waals surface area contributed by atoms with Crippen molar-refractivity contribution < 1.29 is 22.7 Å². The maximum Gasteiger partial charge on any atom is 0.415 e. The summed E-state index contributed by atoms with van der Waals surface area (Å²) in [4.78, 5) is 11.4. The minimum atomic E-state index is -4.48. The summed E-state index contributed by atoms with van der Waals surface area (Å²) in [6.45, 7) is 1.54. The van der Waals surface area contributed by atoms with Crippen LogP contribution in [-0.4, -0.2) is 24.2 Å². The van der Waals surface area contributed by atoms with Gasteiger partial charge in [-0.05, 0) is 0 Å². The molecular formula is C10H9F3O2. The minimum Gasteiger partial charge on any atom is -0.357 e. The van der Waals surface area contributed by atoms with Crippen molar-refractivity contribution in [2.45, 2.75) is 31.7 Å². The number of carbonyl (C=O) groups excluding carboxylic acids is 1. The molecular weight excluding hydrogens is 209 g/mol. The van der Waals surface area contributed by atoms with Crippen molar-refractivity contribution in [1.29, 1.82) is 0 Å². The Hall–Kier alpha value is -1.10. The van der Waals surface area contributed by atoms with Crippen LogP contribution in [0.15, 0.2) is 23.3 Å². The van der Waals surface area contributed by atoms with Gasteiger partial charge in [-0.3, -0.25) is 4.79 Å². The lowest BCUT2D eigenvalue weighted by atomic mass is 9.92. The fourth-order valence-electron chi connectivity index (χ4n) is 1.90. The number of Topliss-reactive ketones (excluding diaryl/α,β-unsaturated/α-hetero) is 1. The Kier molecular flexibility index (Phi) is 2.22. The third kappa shape index (κ3) is 1.51. The number of fused-ring (bicyclic) bond motifs is 2. The fraction of sp³-hybridized carbons (Fsp3) is 0.500. The number of halogens is 3. The average molecular weight is 218 g/mol. The molecule has 0 amide bonds. The lowest BCUT2D eigenvalue weighted by molar-refractivity contribution is -0.117. The first kappa shape index (κ1) is 10.4. The highest BCUT2D eigenvalue weighted by Crippen LogP contribution is 2.43. The zero-order chi connectivity index (χ0) is 11.2. The number of rotatable bonds is 2. The zero-order valence-corrected chi connectivity index (χ0v) is 7.97. The lowest BCUT2D eigenvalue weighted by Gasteiger charge is -2.14. The summed E-state index contributed by atoms with van der Waals surface area (Å²) in [6, 6.07) is 0. The molecule has 0 fully saturated rings. The maximum atomic E-state index is 12.6. The van der Waals surface area contributed by atoms with Crippen molar-refractivity contribution in [1.82, 2.24) is 0 Å². The molecule has 0 N–H and O–H groups in total. The van der Waals surface area contributed by atoms with Crippen LogP contribution in [0, 0.1) is 0 Å². The van der Waals surface area contributed by atoms with Gasteiger partial charge < -0.3 is 4.74 Å². The average Bonchev–Trinajstić information content (AvgIpc) is 2.73. The number of alkyl halides is 3. The molecule has 0 aliphatic carbocycles. The smallest absolute Gasteiger partial charge is 0.357 e. The fourth-order valence-corrected chi connectivity index (χ4v) is 1.90. The molecule has 82 valence electrons. The molecule has 2 rings (SSSR count). The second-order valence-electron chi connectivity index (χ2n) is 3.46. The van der Waals surface area contributed by atoms with Gasteiger partial charge >= 0.3 is 6.18 Å². The van der Waals surface area contributed by atoms with E-state index < -0.39 is 29.7 Å². The molecule has 0 aromatic rings. The summed E-state index contributed by atoms with van der Waals surface area (Å²) in [5, 5.41) is 0. The highest BCUT2D eigenvalue weighted by molar-refractivity contribution is 5.98. The molecule has 0 saturated heterocycles. The van der Waals surface area contributed by atoms with E-state index in [4.69, 9.17) is 4.74 Å². The van der Waals surface area contributed by atoms with E-state index in [2.05, 4.69) is 0 Å². The van der Waals surface area contributed by atoms with Crippen molar-refractivity contribution in [2.75, 3.05) is 0 Å². The molecule has 0 spiro atoms. The first-order chi connectivity index (χ1) is 6.95. The molecule has 15 heavy (non-hydrogen) atoms. The van der Waals surface area contributed by atoms with Gasteiger partial charge in [0.2, 0.25) is 0 Å². The van der Waals surface area contributed by atoms with Gasteiger partial charge in [-0.1, -0.05) is 19.1 Å². The normalized spacial score (nSPS) is 29.1. The predicted octanol–water partition coefficient (Wildman–Crippen LogP) is 2.16. The van der Waals surface area contributed by atoms with E-state index >= 15 is 0 Å². The van der Waals surface area contributed by atoms with Gasteiger partial charge in [0, 0.05) is 12.0 Å². The van der Waals surface area contributed by atoms with Gasteiger partial charge in [-0.2, -0.15) is 13.2 Å². The highest BCUT2D eigenvalue weighted by Gasteiger charge is 2.50. The van der Waals surface area contributed by atoms with Gasteiger partial charge in [0.05, 0.1) is 5.57 Å². The third-order valence-electron chi connectivity index (χ3n) is 2.54. The van der Waals surface area contributed by atoms with Gasteiger partial charge in [-0.15, -0.1) is 0 Å². The Labute approximate surface area is 84.4 Å². The number of hydrogen-bond donors (Lipinski definition) is 0. The van der Waals surface area contributed by atoms with Crippen molar-refractivity contribution in [3.63, 3.8) is 0 Å². The van der Waals surface area contributed by atoms with Gasteiger partial charge in [0.25, 0.3) is 0 Å². The lowest BCUT2D eigenvalue weighted by Crippen LogP contribution is -2.24. The van der Waals surface area contributed by atoms with Crippen LogP contribution in [0.25, 0.3) is 0 Å². The van der Waals surface area contributed by atoms with Crippen LogP contribution in [0.4, 0.5) is 13.2 Å². The summed E-state index contributed by atoms with van der Waals surface area (Å²) in [5.41, 5.74) is -1.03. The van der Waals surface area contributed by atoms with Crippen LogP contribution >= 0.6 is 0 Å². The predicted molar refractivity (Wildman–Crippen MR) is 46.2 cm³/mol. The summed E-state index contributed by atoms with van der Waals surface area (Å²) in [7, 11) is 0. The van der Waals surface area contributed by atoms with E-state index in [9.17, 15) is 18.0 Å². The van der Waals surface area contributed by atoms with Gasteiger partial charge in [-0.25, -0.2) is 0 Å². The van der Waals surface area contributed by atoms with Crippen LogP contribution in [0.5, 0.6) is 0 Å². The van der Waals surface area contributed by atoms with Crippen LogP contribution in [-0.2, 0) is 9.53 Å². The number of ketones is 1. The van der Waals surface area contributed by atoms with E-state index in [0.717, 1.165) is 0 Å². The first-order valence-corrected chi connectivity index (χ1v) is 4.63. The maximum absolute atomic E-state index is 12.6. The molecule has 0 aromatic heterocycles. The Morgan fingerprint density at radius 2 is 2.00 bits per heavy atom. The summed E-state index contributed by atoms with van der Waals surface area (Å²) >= 11 is 0. The summed E-state index contributed by atoms with van der Waals surface area (Å²) in [6.07, 6.45) is -3.44. The molecule has 2 heterocycles. The molecule has 5 heteroatoms. The molecule has 2 nitrogen and oxygen atoms in total. The van der Waals surface area contributed by atoms with Crippen LogP contribution in [0.3, 0.4) is 0 Å². The van der Waals surface area contributed by atoms with Gasteiger partial charge in [0.15, 0.2) is 5.78 Å². The van der Waals surface area contributed by atoms with Crippen molar-refractivity contribution in [3.05, 3.63) is 23.3 Å². The Bertz CT molecular complexity index is 365. The van der Waals surface area contributed by atoms with E-state index in [-0.39, 0.29) is 12.0 Å². The van der Waals surface area contributed by atoms with Crippen molar-refractivity contribution >= 4 is 5.78 Å². The molecule has 2 aliphatic rings. The standard InChI is InChI=1S/C10H9F3O2/c1-2-5(14)8-6-3-4-7(15-6)9(8)10(11,12)13/h3-4,6-7H,2H2,1H3. The summed E-state index contributed by atoms with van der Waals surface area (Å²) < 4.78 is 42.9. The van der Waals surface area contributed by atoms with E-state index in [1.54, 1.807) is 6.92 Å². The molecule has 2 unspecified atom stereocenters. The molecule has 2 atom stereocenters. The van der Waals surface area contributed by atoms with E-state index in [0.29, 0.717) is 0 Å². The van der Waals surface area contributed by atoms with Crippen LogP contribution in [0.1, 0.15) is 13.3 Å². The second-order valence-corrected chi connectivity index (χ2v) is 3.46. The molecule has 0 aromatic carbocycles. The topological polar surface area (TPSA) is 26.3 Å². The Morgan fingerprint density at radius 1 is 1.40 bits per heavy atom. The number of hydrogen-bond acceptors (Lipinski definition) is 2. The zero-order valence-electron chi connectivity index (χ0n) is 7.97. The molecule has 0 saturated carbocycles.